The highest BCUT2D eigenvalue weighted by atomic mass is 32.1. The van der Waals surface area contributed by atoms with E-state index in [1.165, 1.54) is 4.90 Å². The van der Waals surface area contributed by atoms with Crippen LogP contribution in [0.1, 0.15) is 27.2 Å². The van der Waals surface area contributed by atoms with Gasteiger partial charge in [-0.3, -0.25) is 0 Å². The first-order valence-corrected chi connectivity index (χ1v) is 6.68. The van der Waals surface area contributed by atoms with Gasteiger partial charge in [0.1, 0.15) is 11.6 Å². The van der Waals surface area contributed by atoms with E-state index in [2.05, 4.69) is 5.32 Å². The molecule has 1 saturated heterocycles. The molecule has 3 N–H and O–H groups in total. The smallest absolute Gasteiger partial charge is 0.408 e. The SMILES string of the molecule is CC(C)(C)OC(=O)NCC(=S)N1CC(O)CC1C(=O)O. The minimum absolute atomic E-state index is 0.000741. The Balaban J connectivity index is 2.50. The van der Waals surface area contributed by atoms with Gasteiger partial charge in [0, 0.05) is 13.0 Å². The summed E-state index contributed by atoms with van der Waals surface area (Å²) in [5.41, 5.74) is -0.612. The van der Waals surface area contributed by atoms with E-state index >= 15 is 0 Å². The van der Waals surface area contributed by atoms with Crippen molar-refractivity contribution in [2.24, 2.45) is 0 Å². The lowest BCUT2D eigenvalue weighted by molar-refractivity contribution is -0.141. The molecule has 114 valence electrons. The number of carboxylic acids is 1. The van der Waals surface area contributed by atoms with Crippen molar-refractivity contribution < 1.29 is 24.5 Å². The fraction of sp³-hybridized carbons (Fsp3) is 0.750. The van der Waals surface area contributed by atoms with Gasteiger partial charge in [-0.1, -0.05) is 12.2 Å². The zero-order valence-electron chi connectivity index (χ0n) is 11.8. The van der Waals surface area contributed by atoms with Crippen molar-refractivity contribution in [1.29, 1.82) is 0 Å². The molecule has 1 rings (SSSR count). The normalized spacial score (nSPS) is 22.5. The molecule has 0 aromatic heterocycles. The Kier molecular flexibility index (Phi) is 5.29. The lowest BCUT2D eigenvalue weighted by Gasteiger charge is -2.25. The third-order valence-electron chi connectivity index (χ3n) is 2.67. The molecule has 1 aliphatic heterocycles. The number of thiocarbonyl (C=S) groups is 1. The number of carbonyl (C=O) groups is 2. The minimum atomic E-state index is -1.04. The molecular weight excluding hydrogens is 284 g/mol. The van der Waals surface area contributed by atoms with E-state index in [1.807, 2.05) is 0 Å². The highest BCUT2D eigenvalue weighted by Crippen LogP contribution is 2.18. The van der Waals surface area contributed by atoms with Crippen molar-refractivity contribution in [3.05, 3.63) is 0 Å². The summed E-state index contributed by atoms with van der Waals surface area (Å²) in [6.07, 6.45) is -1.22. The van der Waals surface area contributed by atoms with E-state index in [1.54, 1.807) is 20.8 Å². The Morgan fingerprint density at radius 3 is 2.55 bits per heavy atom. The molecule has 8 heteroatoms. The number of β-amino-alcohol motifs (C(OH)–C–C–N with tert-alkyl or cyclic N) is 1. The number of carboxylic acid groups (broad SMARTS) is 1. The summed E-state index contributed by atoms with van der Waals surface area (Å²) in [6.45, 7) is 5.37. The third-order valence-corrected chi connectivity index (χ3v) is 3.05. The largest absolute Gasteiger partial charge is 0.480 e. The van der Waals surface area contributed by atoms with E-state index in [-0.39, 0.29) is 24.5 Å². The van der Waals surface area contributed by atoms with Crippen molar-refractivity contribution in [3.63, 3.8) is 0 Å². The average molecular weight is 304 g/mol. The van der Waals surface area contributed by atoms with Gasteiger partial charge in [-0.05, 0) is 20.8 Å². The second-order valence-corrected chi connectivity index (χ2v) is 6.12. The maximum absolute atomic E-state index is 11.5. The molecule has 1 aliphatic rings. The minimum Gasteiger partial charge on any atom is -0.480 e. The summed E-state index contributed by atoms with van der Waals surface area (Å²) in [7, 11) is 0. The van der Waals surface area contributed by atoms with Crippen molar-refractivity contribution in [1.82, 2.24) is 10.2 Å². The van der Waals surface area contributed by atoms with E-state index in [9.17, 15) is 14.7 Å². The summed E-state index contributed by atoms with van der Waals surface area (Å²) >= 11 is 5.10. The molecule has 2 unspecified atom stereocenters. The fourth-order valence-electron chi connectivity index (χ4n) is 1.89. The number of aliphatic hydroxyl groups is 1. The Bertz CT molecular complexity index is 407. The van der Waals surface area contributed by atoms with Crippen molar-refractivity contribution >= 4 is 29.3 Å². The summed E-state index contributed by atoms with van der Waals surface area (Å²) in [4.78, 5) is 24.2. The molecule has 0 spiro atoms. The van der Waals surface area contributed by atoms with E-state index in [0.29, 0.717) is 0 Å². The third kappa shape index (κ3) is 4.93. The van der Waals surface area contributed by atoms with Crippen molar-refractivity contribution in [2.45, 2.75) is 44.9 Å². The zero-order valence-corrected chi connectivity index (χ0v) is 12.6. The Morgan fingerprint density at radius 2 is 2.05 bits per heavy atom. The van der Waals surface area contributed by atoms with Gasteiger partial charge >= 0.3 is 12.1 Å². The second-order valence-electron chi connectivity index (χ2n) is 5.65. The van der Waals surface area contributed by atoms with Crippen LogP contribution in [-0.4, -0.2) is 63.0 Å². The van der Waals surface area contributed by atoms with Gasteiger partial charge in [0.25, 0.3) is 0 Å². The summed E-state index contributed by atoms with van der Waals surface area (Å²) < 4.78 is 5.05. The molecule has 1 fully saturated rings. The summed E-state index contributed by atoms with van der Waals surface area (Å²) in [6, 6.07) is -0.849. The van der Waals surface area contributed by atoms with Crippen LogP contribution < -0.4 is 5.32 Å². The van der Waals surface area contributed by atoms with Crippen LogP contribution in [0.4, 0.5) is 4.79 Å². The molecule has 20 heavy (non-hydrogen) atoms. The van der Waals surface area contributed by atoms with Crippen LogP contribution in [0.2, 0.25) is 0 Å². The molecule has 0 aliphatic carbocycles. The van der Waals surface area contributed by atoms with Gasteiger partial charge in [0.15, 0.2) is 0 Å². The predicted molar refractivity (Wildman–Crippen MR) is 75.6 cm³/mol. The highest BCUT2D eigenvalue weighted by Gasteiger charge is 2.37. The second kappa shape index (κ2) is 6.36. The number of aliphatic carboxylic acids is 1. The maximum atomic E-state index is 11.5. The molecule has 1 heterocycles. The number of nitrogens with one attached hydrogen (secondary N) is 1. The number of amides is 1. The van der Waals surface area contributed by atoms with Crippen LogP contribution in [0.3, 0.4) is 0 Å². The first-order chi connectivity index (χ1) is 9.10. The van der Waals surface area contributed by atoms with Crippen LogP contribution in [0, 0.1) is 0 Å². The van der Waals surface area contributed by atoms with Gasteiger partial charge < -0.3 is 25.2 Å². The van der Waals surface area contributed by atoms with Gasteiger partial charge in [-0.2, -0.15) is 0 Å². The molecular formula is C12H20N2O5S. The number of hydrogen-bond acceptors (Lipinski definition) is 5. The van der Waals surface area contributed by atoms with Crippen LogP contribution in [0.15, 0.2) is 0 Å². The number of nitrogens with zero attached hydrogens (tertiary/aromatic N) is 1. The molecule has 0 aromatic carbocycles. The average Bonchev–Trinajstić information content (AvgIpc) is 2.66. The fourth-order valence-corrected chi connectivity index (χ4v) is 2.16. The van der Waals surface area contributed by atoms with E-state index < -0.39 is 29.8 Å². The maximum Gasteiger partial charge on any atom is 0.408 e. The number of ether oxygens (including phenoxy) is 1. The Hall–Kier alpha value is -1.41. The quantitative estimate of drug-likeness (QED) is 0.647. The molecule has 7 nitrogen and oxygen atoms in total. The van der Waals surface area contributed by atoms with Crippen LogP contribution in [-0.2, 0) is 9.53 Å². The number of carbonyl (C=O) groups excluding carboxylic acids is 1. The van der Waals surface area contributed by atoms with Gasteiger partial charge in [0.05, 0.1) is 17.6 Å². The number of aliphatic hydroxyl groups excluding tert-OH is 1. The molecule has 2 atom stereocenters. The predicted octanol–water partition coefficient (Wildman–Crippen LogP) is 0.358. The number of alkyl carbamates (subject to hydrolysis) is 1. The van der Waals surface area contributed by atoms with Gasteiger partial charge in [0.2, 0.25) is 0 Å². The standard InChI is InChI=1S/C12H20N2O5S/c1-12(2,3)19-11(18)13-5-9(20)14-6-7(15)4-8(14)10(16)17/h7-8,15H,4-6H2,1-3H3,(H,13,18)(H,16,17). The zero-order chi connectivity index (χ0) is 15.5. The van der Waals surface area contributed by atoms with Gasteiger partial charge in [-0.15, -0.1) is 0 Å². The first kappa shape index (κ1) is 16.6. The van der Waals surface area contributed by atoms with E-state index in [4.69, 9.17) is 22.1 Å². The van der Waals surface area contributed by atoms with Crippen molar-refractivity contribution in [2.75, 3.05) is 13.1 Å². The molecule has 1 amide bonds. The van der Waals surface area contributed by atoms with Gasteiger partial charge in [-0.25, -0.2) is 9.59 Å². The van der Waals surface area contributed by atoms with Crippen LogP contribution >= 0.6 is 12.2 Å². The highest BCUT2D eigenvalue weighted by molar-refractivity contribution is 7.80. The lowest BCUT2D eigenvalue weighted by Crippen LogP contribution is -2.45. The van der Waals surface area contributed by atoms with Crippen molar-refractivity contribution in [3.8, 4) is 0 Å². The lowest BCUT2D eigenvalue weighted by atomic mass is 10.2. The summed E-state index contributed by atoms with van der Waals surface area (Å²) in [5, 5.41) is 21.0. The van der Waals surface area contributed by atoms with Crippen LogP contribution in [0.25, 0.3) is 0 Å². The number of rotatable bonds is 3. The molecule has 0 radical (unpaired) electrons. The molecule has 0 saturated carbocycles. The van der Waals surface area contributed by atoms with Crippen LogP contribution in [0.5, 0.6) is 0 Å². The molecule has 0 bridgehead atoms. The number of hydrogen-bond donors (Lipinski definition) is 3. The Morgan fingerprint density at radius 1 is 1.45 bits per heavy atom. The molecule has 0 aromatic rings. The topological polar surface area (TPSA) is 99.1 Å². The number of likely N-dealkylation sites (tertiary alicyclic amines) is 1. The Labute approximate surface area is 122 Å². The monoisotopic (exact) mass is 304 g/mol. The first-order valence-electron chi connectivity index (χ1n) is 6.27. The summed E-state index contributed by atoms with van der Waals surface area (Å²) in [5.74, 6) is -1.04. The van der Waals surface area contributed by atoms with E-state index in [0.717, 1.165) is 0 Å².